The molecule has 1 aromatic heterocycles. The van der Waals surface area contributed by atoms with Crippen LogP contribution in [0.2, 0.25) is 0 Å². The van der Waals surface area contributed by atoms with Crippen LogP contribution < -0.4 is 4.90 Å². The molecule has 2 aliphatic heterocycles. The van der Waals surface area contributed by atoms with Crippen LogP contribution in [0.4, 0.5) is 18.9 Å². The number of aliphatic hydroxyl groups excluding tert-OH is 1. The Kier molecular flexibility index (Phi) is 8.01. The molecule has 2 N–H and O–H groups in total. The van der Waals surface area contributed by atoms with Gasteiger partial charge in [0.05, 0.1) is 31.9 Å². The van der Waals surface area contributed by atoms with E-state index in [2.05, 4.69) is 4.90 Å². The Hall–Kier alpha value is -1.74. The highest BCUT2D eigenvalue weighted by Crippen LogP contribution is 2.39. The molecule has 2 saturated heterocycles. The fourth-order valence-electron chi connectivity index (χ4n) is 4.59. The minimum Gasteiger partial charge on any atom is -0.395 e. The Morgan fingerprint density at radius 1 is 1.11 bits per heavy atom. The average molecular weight is 550 g/mol. The van der Waals surface area contributed by atoms with Gasteiger partial charge in [0.2, 0.25) is 0 Å². The minimum absolute atomic E-state index is 0.106. The molecular weight excluding hydrogens is 519 g/mol. The lowest BCUT2D eigenvalue weighted by atomic mass is 9.95. The fourth-order valence-corrected chi connectivity index (χ4v) is 7.20. The molecule has 2 aromatic rings. The molecule has 0 radical (unpaired) electrons. The maximum atomic E-state index is 13.3. The molecule has 0 saturated carbocycles. The van der Waals surface area contributed by atoms with Crippen molar-refractivity contribution in [1.29, 1.82) is 0 Å². The summed E-state index contributed by atoms with van der Waals surface area (Å²) in [5, 5.41) is 21.5. The van der Waals surface area contributed by atoms with Gasteiger partial charge in [0.25, 0.3) is 10.0 Å². The SMILES string of the molecule is CC(O)(c1ccc(N2CCN(S(=O)(=O)c3cccs3)CC2CN2CCOCC2CO)cc1)C(F)(F)F. The van der Waals surface area contributed by atoms with Gasteiger partial charge in [-0.15, -0.1) is 11.3 Å². The molecule has 0 aliphatic carbocycles. The molecule has 8 nitrogen and oxygen atoms in total. The molecule has 3 unspecified atom stereocenters. The number of halogens is 3. The highest BCUT2D eigenvalue weighted by molar-refractivity contribution is 7.91. The lowest BCUT2D eigenvalue weighted by Gasteiger charge is -2.45. The van der Waals surface area contributed by atoms with E-state index in [0.29, 0.717) is 45.5 Å². The molecule has 0 bridgehead atoms. The van der Waals surface area contributed by atoms with Crippen molar-refractivity contribution in [1.82, 2.24) is 9.21 Å². The number of aliphatic hydroxyl groups is 2. The zero-order valence-corrected chi connectivity index (χ0v) is 21.4. The molecule has 3 atom stereocenters. The number of ether oxygens (including phenoxy) is 1. The largest absolute Gasteiger partial charge is 0.421 e. The number of thiophene rings is 1. The highest BCUT2D eigenvalue weighted by atomic mass is 32.2. The number of rotatable bonds is 7. The summed E-state index contributed by atoms with van der Waals surface area (Å²) in [7, 11) is -3.69. The topological polar surface area (TPSA) is 93.6 Å². The Bertz CT molecular complexity index is 1110. The smallest absolute Gasteiger partial charge is 0.395 e. The molecular formula is C23H30F3N3O5S2. The second-order valence-electron chi connectivity index (χ2n) is 9.17. The molecule has 2 fully saturated rings. The van der Waals surface area contributed by atoms with Crippen molar-refractivity contribution < 1.29 is 36.5 Å². The van der Waals surface area contributed by atoms with Gasteiger partial charge in [-0.25, -0.2) is 8.42 Å². The molecule has 0 spiro atoms. The molecule has 13 heteroatoms. The van der Waals surface area contributed by atoms with Gasteiger partial charge in [-0.3, -0.25) is 4.90 Å². The summed E-state index contributed by atoms with van der Waals surface area (Å²) in [5.74, 6) is 0. The van der Waals surface area contributed by atoms with E-state index in [9.17, 15) is 31.8 Å². The molecule has 36 heavy (non-hydrogen) atoms. The van der Waals surface area contributed by atoms with Crippen molar-refractivity contribution in [3.63, 3.8) is 0 Å². The number of hydrogen-bond acceptors (Lipinski definition) is 8. The standard InChI is InChI=1S/C23H30F3N3O5S2/c1-22(31,23(24,25)26)17-4-6-18(7-5-17)29-9-8-28(36(32,33)21-3-2-12-35-21)14-19(29)13-27-10-11-34-16-20(27)15-30/h2-7,12,19-20,30-31H,8-11,13-16H2,1H3. The van der Waals surface area contributed by atoms with Crippen molar-refractivity contribution in [3.05, 3.63) is 47.3 Å². The number of nitrogens with zero attached hydrogens (tertiary/aromatic N) is 3. The Morgan fingerprint density at radius 2 is 1.83 bits per heavy atom. The summed E-state index contributed by atoms with van der Waals surface area (Å²) in [6, 6.07) is 8.24. The maximum Gasteiger partial charge on any atom is 0.421 e. The van der Waals surface area contributed by atoms with Crippen LogP contribution in [0.3, 0.4) is 0 Å². The second-order valence-corrected chi connectivity index (χ2v) is 12.3. The Balaban J connectivity index is 1.61. The van der Waals surface area contributed by atoms with Gasteiger partial charge in [0, 0.05) is 38.4 Å². The minimum atomic E-state index is -4.82. The first-order valence-electron chi connectivity index (χ1n) is 11.6. The number of anilines is 1. The van der Waals surface area contributed by atoms with Gasteiger partial charge >= 0.3 is 6.18 Å². The highest BCUT2D eigenvalue weighted by Gasteiger charge is 2.51. The molecule has 2 aliphatic rings. The third-order valence-electron chi connectivity index (χ3n) is 6.85. The van der Waals surface area contributed by atoms with E-state index in [-0.39, 0.29) is 41.6 Å². The number of benzene rings is 1. The lowest BCUT2D eigenvalue weighted by Crippen LogP contribution is -2.60. The predicted octanol–water partition coefficient (Wildman–Crippen LogP) is 2.09. The number of hydrogen-bond donors (Lipinski definition) is 2. The average Bonchev–Trinajstić information content (AvgIpc) is 3.40. The van der Waals surface area contributed by atoms with E-state index in [4.69, 9.17) is 4.74 Å². The summed E-state index contributed by atoms with van der Waals surface area (Å²) in [6.07, 6.45) is -4.82. The van der Waals surface area contributed by atoms with Crippen molar-refractivity contribution in [3.8, 4) is 0 Å². The van der Waals surface area contributed by atoms with E-state index in [1.54, 1.807) is 17.5 Å². The van der Waals surface area contributed by atoms with Crippen LogP contribution in [0.15, 0.2) is 46.0 Å². The third kappa shape index (κ3) is 5.42. The van der Waals surface area contributed by atoms with Gasteiger partial charge in [-0.05, 0) is 36.1 Å². The van der Waals surface area contributed by atoms with Crippen molar-refractivity contribution in [2.75, 3.05) is 57.4 Å². The van der Waals surface area contributed by atoms with Crippen LogP contribution in [0.5, 0.6) is 0 Å². The first-order chi connectivity index (χ1) is 16.9. The van der Waals surface area contributed by atoms with E-state index in [1.807, 2.05) is 4.90 Å². The maximum absolute atomic E-state index is 13.3. The van der Waals surface area contributed by atoms with Crippen LogP contribution >= 0.6 is 11.3 Å². The Morgan fingerprint density at radius 3 is 2.44 bits per heavy atom. The van der Waals surface area contributed by atoms with Crippen LogP contribution in [-0.2, 0) is 20.4 Å². The van der Waals surface area contributed by atoms with E-state index in [0.717, 1.165) is 11.3 Å². The first-order valence-corrected chi connectivity index (χ1v) is 13.9. The summed E-state index contributed by atoms with van der Waals surface area (Å²) < 4.78 is 73.4. The van der Waals surface area contributed by atoms with Gasteiger partial charge < -0.3 is 19.8 Å². The van der Waals surface area contributed by atoms with Crippen molar-refractivity contribution in [2.45, 2.75) is 35.0 Å². The summed E-state index contributed by atoms with van der Waals surface area (Å²) >= 11 is 1.15. The zero-order chi connectivity index (χ0) is 26.1. The zero-order valence-electron chi connectivity index (χ0n) is 19.8. The predicted molar refractivity (Wildman–Crippen MR) is 130 cm³/mol. The Labute approximate surface area is 212 Å². The fraction of sp³-hybridized carbons (Fsp3) is 0.565. The number of piperazine rings is 1. The monoisotopic (exact) mass is 549 g/mol. The number of alkyl halides is 3. The van der Waals surface area contributed by atoms with Crippen LogP contribution in [0, 0.1) is 0 Å². The van der Waals surface area contributed by atoms with Gasteiger partial charge in [0.15, 0.2) is 5.60 Å². The van der Waals surface area contributed by atoms with E-state index < -0.39 is 21.8 Å². The summed E-state index contributed by atoms with van der Waals surface area (Å²) in [4.78, 5) is 4.04. The van der Waals surface area contributed by atoms with Crippen LogP contribution in [-0.4, -0.2) is 98.6 Å². The van der Waals surface area contributed by atoms with Gasteiger partial charge in [-0.2, -0.15) is 17.5 Å². The third-order valence-corrected chi connectivity index (χ3v) is 10.1. The number of morpholine rings is 1. The van der Waals surface area contributed by atoms with Crippen LogP contribution in [0.1, 0.15) is 12.5 Å². The van der Waals surface area contributed by atoms with E-state index >= 15 is 0 Å². The molecule has 3 heterocycles. The summed E-state index contributed by atoms with van der Waals surface area (Å²) in [6.45, 7) is 3.19. The van der Waals surface area contributed by atoms with Crippen LogP contribution in [0.25, 0.3) is 0 Å². The molecule has 4 rings (SSSR count). The van der Waals surface area contributed by atoms with Crippen molar-refractivity contribution in [2.24, 2.45) is 0 Å². The van der Waals surface area contributed by atoms with Gasteiger partial charge in [-0.1, -0.05) is 18.2 Å². The first kappa shape index (κ1) is 27.3. The number of sulfonamides is 1. The second kappa shape index (κ2) is 10.6. The molecule has 200 valence electrons. The quantitative estimate of drug-likeness (QED) is 0.547. The lowest BCUT2D eigenvalue weighted by molar-refractivity contribution is -0.258. The molecule has 1 aromatic carbocycles. The van der Waals surface area contributed by atoms with Crippen molar-refractivity contribution >= 4 is 27.0 Å². The normalized spacial score (nSPS) is 24.6. The molecule has 0 amide bonds. The van der Waals surface area contributed by atoms with E-state index in [1.165, 1.54) is 28.6 Å². The summed E-state index contributed by atoms with van der Waals surface area (Å²) in [5.41, 5.74) is -2.63. The van der Waals surface area contributed by atoms with Gasteiger partial charge in [0.1, 0.15) is 4.21 Å².